The summed E-state index contributed by atoms with van der Waals surface area (Å²) in [5, 5.41) is 0. The van der Waals surface area contributed by atoms with Crippen LogP contribution in [0, 0.1) is 0 Å². The monoisotopic (exact) mass is 236 g/mol. The Morgan fingerprint density at radius 1 is 0.364 bits per heavy atom. The van der Waals surface area contributed by atoms with Gasteiger partial charge in [-0.1, -0.05) is 0 Å². The number of rotatable bonds is 0. The molecule has 0 bridgehead atoms. The maximum atomic E-state index is 0. The minimum atomic E-state index is 0. The van der Waals surface area contributed by atoms with Crippen LogP contribution in [0.4, 0.5) is 0 Å². The third-order valence-electron chi connectivity index (χ3n) is 0. The molecule has 0 unspecified atom stereocenters. The SMILES string of the molecule is O.O.O.O.O.O.O.O.O.S.[H-].[K+]. The van der Waals surface area contributed by atoms with Gasteiger partial charge in [0.15, 0.2) is 0 Å². The Morgan fingerprint density at radius 2 is 0.364 bits per heavy atom. The van der Waals surface area contributed by atoms with Crippen LogP contribution in [-0.2, 0) is 0 Å². The first-order valence-electron chi connectivity index (χ1n) is 0. The second kappa shape index (κ2) is 496. The van der Waals surface area contributed by atoms with Crippen LogP contribution >= 0.6 is 13.5 Å². The molecule has 0 aliphatic heterocycles. The van der Waals surface area contributed by atoms with Crippen molar-refractivity contribution in [2.75, 3.05) is 0 Å². The van der Waals surface area contributed by atoms with Crippen LogP contribution in [0.3, 0.4) is 0 Å². The van der Waals surface area contributed by atoms with Gasteiger partial charge in [-0.3, -0.25) is 0 Å². The fourth-order valence-corrected chi connectivity index (χ4v) is 0. The molecule has 0 aromatic rings. The third kappa shape index (κ3) is 407. The van der Waals surface area contributed by atoms with Crippen molar-refractivity contribution in [3.8, 4) is 0 Å². The zero-order chi connectivity index (χ0) is 0. The fraction of sp³-hybridized carbons (Fsp3) is 0. The van der Waals surface area contributed by atoms with E-state index >= 15 is 0 Å². The molecule has 0 aliphatic rings. The van der Waals surface area contributed by atoms with Gasteiger partial charge in [0.1, 0.15) is 0 Å². The van der Waals surface area contributed by atoms with Crippen molar-refractivity contribution >= 4 is 13.5 Å². The molecule has 18 N–H and O–H groups in total. The summed E-state index contributed by atoms with van der Waals surface area (Å²) in [7, 11) is 0. The van der Waals surface area contributed by atoms with Crippen molar-refractivity contribution < 1.29 is 102 Å². The summed E-state index contributed by atoms with van der Waals surface area (Å²) in [6, 6.07) is 0. The number of hydrogen-bond acceptors (Lipinski definition) is 0. The first kappa shape index (κ1) is 645. The zero-order valence-electron chi connectivity index (χ0n) is 7.00. The van der Waals surface area contributed by atoms with Gasteiger partial charge in [0.05, 0.1) is 0 Å². The molecular weight excluding hydrogens is 215 g/mol. The van der Waals surface area contributed by atoms with Crippen LogP contribution in [0.5, 0.6) is 0 Å². The zero-order valence-corrected chi connectivity index (χ0v) is 10.1. The summed E-state index contributed by atoms with van der Waals surface area (Å²) >= 11 is 0. The van der Waals surface area contributed by atoms with Crippen LogP contribution in [0.25, 0.3) is 0 Å². The first-order chi connectivity index (χ1) is 0. The van der Waals surface area contributed by atoms with Gasteiger partial charge < -0.3 is 50.7 Å². The van der Waals surface area contributed by atoms with Crippen LogP contribution in [0.2, 0.25) is 0 Å². The molecule has 0 rings (SSSR count). The second-order valence-electron chi connectivity index (χ2n) is 0. The maximum Gasteiger partial charge on any atom is 1.00 e. The van der Waals surface area contributed by atoms with Gasteiger partial charge in [-0.2, -0.15) is 13.5 Å². The molecule has 0 saturated heterocycles. The van der Waals surface area contributed by atoms with Crippen LogP contribution in [0.15, 0.2) is 0 Å². The molecule has 0 aromatic heterocycles. The van der Waals surface area contributed by atoms with Crippen molar-refractivity contribution in [3.63, 3.8) is 0 Å². The van der Waals surface area contributed by atoms with Gasteiger partial charge in [0.25, 0.3) is 0 Å². The fourth-order valence-electron chi connectivity index (χ4n) is 0. The van der Waals surface area contributed by atoms with E-state index in [1.54, 1.807) is 0 Å². The summed E-state index contributed by atoms with van der Waals surface area (Å²) in [4.78, 5) is 0. The van der Waals surface area contributed by atoms with E-state index in [1.807, 2.05) is 0 Å². The van der Waals surface area contributed by atoms with Gasteiger partial charge >= 0.3 is 51.4 Å². The van der Waals surface area contributed by atoms with E-state index in [9.17, 15) is 0 Å². The second-order valence-corrected chi connectivity index (χ2v) is 0. The largest absolute Gasteiger partial charge is 1.00 e. The van der Waals surface area contributed by atoms with Gasteiger partial charge in [-0.05, 0) is 0 Å². The molecule has 0 atom stereocenters. The van der Waals surface area contributed by atoms with Gasteiger partial charge in [-0.25, -0.2) is 0 Å². The molecule has 11 heteroatoms. The maximum absolute atomic E-state index is 0. The van der Waals surface area contributed by atoms with E-state index in [0.29, 0.717) is 0 Å². The van der Waals surface area contributed by atoms with E-state index in [0.717, 1.165) is 0 Å². The Labute approximate surface area is 114 Å². The van der Waals surface area contributed by atoms with Crippen molar-refractivity contribution in [1.29, 1.82) is 0 Å². The van der Waals surface area contributed by atoms with Crippen molar-refractivity contribution in [2.24, 2.45) is 0 Å². The molecule has 0 aliphatic carbocycles. The molecule has 0 fully saturated rings. The van der Waals surface area contributed by atoms with Crippen molar-refractivity contribution in [1.82, 2.24) is 0 Å². The molecular formula is H21KO9S. The summed E-state index contributed by atoms with van der Waals surface area (Å²) in [5.41, 5.74) is 0. The third-order valence-corrected chi connectivity index (χ3v) is 0. The Hall–Kier alpha value is 1.63. The molecule has 0 amide bonds. The number of hydrogen-bond donors (Lipinski definition) is 0. The molecule has 0 radical (unpaired) electrons. The summed E-state index contributed by atoms with van der Waals surface area (Å²) in [6.07, 6.45) is 0. The standard InChI is InChI=1S/K.9H2O.H2S.H/h;10*1H2;/q+1;;;;;;;;;;;-1. The minimum Gasteiger partial charge on any atom is -1.00 e. The topological polar surface area (TPSA) is 284 Å². The Morgan fingerprint density at radius 3 is 0.364 bits per heavy atom. The summed E-state index contributed by atoms with van der Waals surface area (Å²) in [6.45, 7) is 0. The summed E-state index contributed by atoms with van der Waals surface area (Å²) in [5.74, 6) is 0. The average Bonchev–Trinajstić information content (AvgIpc) is 0. The van der Waals surface area contributed by atoms with Crippen molar-refractivity contribution in [2.45, 2.75) is 0 Å². The average molecular weight is 236 g/mol. The minimum absolute atomic E-state index is 0. The van der Waals surface area contributed by atoms with E-state index in [1.165, 1.54) is 0 Å². The van der Waals surface area contributed by atoms with Crippen LogP contribution in [0.1, 0.15) is 1.43 Å². The van der Waals surface area contributed by atoms with Gasteiger partial charge in [0, 0.05) is 0 Å². The first-order valence-corrected chi connectivity index (χ1v) is 0. The predicted molar refractivity (Wildman–Crippen MR) is 44.0 cm³/mol. The predicted octanol–water partition coefficient (Wildman–Crippen LogP) is -10.2. The molecule has 11 heavy (non-hydrogen) atoms. The smallest absolute Gasteiger partial charge is 1.00 e. The molecule has 0 saturated carbocycles. The van der Waals surface area contributed by atoms with E-state index in [-0.39, 0.29) is 116 Å². The molecule has 9 nitrogen and oxygen atoms in total. The van der Waals surface area contributed by atoms with Crippen molar-refractivity contribution in [3.05, 3.63) is 0 Å². The Kier molecular flexibility index (Phi) is 29100. The normalized spacial score (nSPS) is 0. The van der Waals surface area contributed by atoms with Crippen LogP contribution < -0.4 is 51.4 Å². The van der Waals surface area contributed by atoms with Crippen LogP contribution in [-0.4, -0.2) is 49.3 Å². The molecule has 0 spiro atoms. The van der Waals surface area contributed by atoms with Gasteiger partial charge in [0.2, 0.25) is 0 Å². The Bertz CT molecular complexity index is 14.5. The molecule has 82 valence electrons. The van der Waals surface area contributed by atoms with E-state index < -0.39 is 0 Å². The molecule has 0 heterocycles. The van der Waals surface area contributed by atoms with E-state index in [4.69, 9.17) is 0 Å². The quantitative estimate of drug-likeness (QED) is 0.353. The summed E-state index contributed by atoms with van der Waals surface area (Å²) < 4.78 is 0. The van der Waals surface area contributed by atoms with Gasteiger partial charge in [-0.15, -0.1) is 0 Å². The van der Waals surface area contributed by atoms with E-state index in [2.05, 4.69) is 0 Å². The molecule has 0 aromatic carbocycles. The Balaban J connectivity index is 0.